The molecule has 0 unspecified atom stereocenters. The standard InChI is InChI=1S/C25H22N2O2/c1-28-26-19-15-24(29-17-18-9-3-2-4-10-18)25-22-13-6-5-11-20(22)21-12-7-8-14-23(21)27(25)16-19/h2-11,13-15H,12,16-17H2,1H3. The molecule has 29 heavy (non-hydrogen) atoms. The minimum atomic E-state index is 0.502. The lowest BCUT2D eigenvalue weighted by Crippen LogP contribution is -2.46. The molecule has 0 radical (unpaired) electrons. The average Bonchev–Trinajstić information content (AvgIpc) is 2.78. The van der Waals surface area contributed by atoms with E-state index in [2.05, 4.69) is 64.7 Å². The lowest BCUT2D eigenvalue weighted by Gasteiger charge is -2.38. The zero-order valence-electron chi connectivity index (χ0n) is 16.3. The molecule has 0 aromatic heterocycles. The molecule has 2 aromatic rings. The van der Waals surface area contributed by atoms with Gasteiger partial charge in [-0.1, -0.05) is 71.9 Å². The van der Waals surface area contributed by atoms with E-state index < -0.39 is 0 Å². The lowest BCUT2D eigenvalue weighted by molar-refractivity contribution is 0.200. The highest BCUT2D eigenvalue weighted by atomic mass is 16.6. The van der Waals surface area contributed by atoms with Crippen molar-refractivity contribution in [1.29, 1.82) is 0 Å². The Labute approximate surface area is 170 Å². The first kappa shape index (κ1) is 17.6. The first-order chi connectivity index (χ1) is 14.3. The number of oxime groups is 1. The van der Waals surface area contributed by atoms with Crippen LogP contribution < -0.4 is 10.4 Å². The molecule has 0 saturated heterocycles. The van der Waals surface area contributed by atoms with Gasteiger partial charge >= 0.3 is 0 Å². The zero-order valence-corrected chi connectivity index (χ0v) is 16.3. The molecule has 0 spiro atoms. The van der Waals surface area contributed by atoms with Crippen LogP contribution in [0.3, 0.4) is 0 Å². The van der Waals surface area contributed by atoms with Gasteiger partial charge in [-0.05, 0) is 28.9 Å². The van der Waals surface area contributed by atoms with Crippen molar-refractivity contribution >= 4 is 17.0 Å². The summed E-state index contributed by atoms with van der Waals surface area (Å²) in [7, 11) is 1.58. The van der Waals surface area contributed by atoms with Crippen molar-refractivity contribution < 1.29 is 9.57 Å². The maximum atomic E-state index is 6.34. The van der Waals surface area contributed by atoms with E-state index >= 15 is 0 Å². The van der Waals surface area contributed by atoms with Crippen LogP contribution >= 0.6 is 0 Å². The second kappa shape index (κ2) is 7.47. The molecule has 144 valence electrons. The number of nitrogens with zero attached hydrogens (tertiary/aromatic N) is 2. The Balaban J connectivity index is 1.68. The molecule has 0 bridgehead atoms. The largest absolute Gasteiger partial charge is 0.487 e. The van der Waals surface area contributed by atoms with Crippen molar-refractivity contribution in [3.05, 3.63) is 106 Å². The third-order valence-corrected chi connectivity index (χ3v) is 5.39. The average molecular weight is 382 g/mol. The van der Waals surface area contributed by atoms with E-state index in [0.717, 1.165) is 29.2 Å². The van der Waals surface area contributed by atoms with Crippen LogP contribution in [0.5, 0.6) is 0 Å². The molecule has 0 saturated carbocycles. The zero-order chi connectivity index (χ0) is 19.6. The summed E-state index contributed by atoms with van der Waals surface area (Å²) in [5, 5.41) is 6.70. The SMILES string of the molecule is CON=C1C=C(OCc2ccccc2)C2=c3ccccc3=C3CC=CC=C3N2C1. The van der Waals surface area contributed by atoms with Crippen LogP contribution in [0.1, 0.15) is 12.0 Å². The summed E-state index contributed by atoms with van der Waals surface area (Å²) in [4.78, 5) is 7.39. The van der Waals surface area contributed by atoms with Gasteiger partial charge in [0.25, 0.3) is 0 Å². The normalized spacial score (nSPS) is 18.5. The molecule has 5 rings (SSSR count). The van der Waals surface area contributed by atoms with Crippen LogP contribution in [0, 0.1) is 0 Å². The quantitative estimate of drug-likeness (QED) is 0.762. The number of benzene rings is 2. The second-order valence-electron chi connectivity index (χ2n) is 7.19. The Hall–Kier alpha value is -3.53. The van der Waals surface area contributed by atoms with Gasteiger partial charge in [-0.25, -0.2) is 0 Å². The van der Waals surface area contributed by atoms with Crippen molar-refractivity contribution in [2.24, 2.45) is 5.16 Å². The first-order valence-corrected chi connectivity index (χ1v) is 9.81. The maximum absolute atomic E-state index is 6.34. The van der Waals surface area contributed by atoms with Gasteiger partial charge in [0.1, 0.15) is 25.2 Å². The summed E-state index contributed by atoms with van der Waals surface area (Å²) in [6, 6.07) is 18.8. The van der Waals surface area contributed by atoms with Crippen molar-refractivity contribution in [3.63, 3.8) is 0 Å². The van der Waals surface area contributed by atoms with E-state index in [1.165, 1.54) is 21.7 Å². The summed E-state index contributed by atoms with van der Waals surface area (Å²) in [6.07, 6.45) is 9.43. The van der Waals surface area contributed by atoms with E-state index in [-0.39, 0.29) is 0 Å². The van der Waals surface area contributed by atoms with Gasteiger partial charge in [0.15, 0.2) is 0 Å². The maximum Gasteiger partial charge on any atom is 0.146 e. The summed E-state index contributed by atoms with van der Waals surface area (Å²) < 4.78 is 6.34. The number of allylic oxidation sites excluding steroid dienone is 4. The lowest BCUT2D eigenvalue weighted by atomic mass is 9.92. The minimum absolute atomic E-state index is 0.502. The Bertz CT molecular complexity index is 1190. The number of fused-ring (bicyclic) bond motifs is 4. The van der Waals surface area contributed by atoms with Crippen molar-refractivity contribution in [2.45, 2.75) is 13.0 Å². The van der Waals surface area contributed by atoms with Gasteiger partial charge < -0.3 is 14.5 Å². The molecule has 2 aromatic carbocycles. The summed E-state index contributed by atoms with van der Waals surface area (Å²) in [6.45, 7) is 1.15. The Kier molecular flexibility index (Phi) is 4.53. The van der Waals surface area contributed by atoms with Gasteiger partial charge in [0.05, 0.1) is 12.2 Å². The van der Waals surface area contributed by atoms with Crippen molar-refractivity contribution in [2.75, 3.05) is 13.7 Å². The monoisotopic (exact) mass is 382 g/mol. The summed E-state index contributed by atoms with van der Waals surface area (Å²) >= 11 is 0. The van der Waals surface area contributed by atoms with E-state index in [0.29, 0.717) is 13.2 Å². The number of hydrogen-bond donors (Lipinski definition) is 0. The number of ether oxygens (including phenoxy) is 1. The Morgan fingerprint density at radius 1 is 1.00 bits per heavy atom. The van der Waals surface area contributed by atoms with E-state index in [9.17, 15) is 0 Å². The Morgan fingerprint density at radius 2 is 1.79 bits per heavy atom. The van der Waals surface area contributed by atoms with Crippen LogP contribution in [0.25, 0.3) is 11.3 Å². The van der Waals surface area contributed by atoms with Gasteiger partial charge in [-0.3, -0.25) is 0 Å². The highest BCUT2D eigenvalue weighted by Gasteiger charge is 2.31. The van der Waals surface area contributed by atoms with E-state index in [1.54, 1.807) is 7.11 Å². The predicted octanol–water partition coefficient (Wildman–Crippen LogP) is 3.22. The minimum Gasteiger partial charge on any atom is -0.487 e. The van der Waals surface area contributed by atoms with Gasteiger partial charge in [0.2, 0.25) is 0 Å². The topological polar surface area (TPSA) is 34.1 Å². The van der Waals surface area contributed by atoms with E-state index in [4.69, 9.17) is 9.57 Å². The molecule has 0 N–H and O–H groups in total. The van der Waals surface area contributed by atoms with Crippen LogP contribution in [0.2, 0.25) is 0 Å². The molecule has 1 aliphatic carbocycles. The third kappa shape index (κ3) is 3.17. The molecule has 3 aliphatic rings. The van der Waals surface area contributed by atoms with Crippen LogP contribution in [-0.2, 0) is 16.2 Å². The highest BCUT2D eigenvalue weighted by Crippen LogP contribution is 2.34. The van der Waals surface area contributed by atoms with E-state index in [1.807, 2.05) is 24.3 Å². The first-order valence-electron chi connectivity index (χ1n) is 9.81. The van der Waals surface area contributed by atoms with Crippen LogP contribution in [-0.4, -0.2) is 24.3 Å². The fourth-order valence-corrected chi connectivity index (χ4v) is 4.14. The molecular weight excluding hydrogens is 360 g/mol. The van der Waals surface area contributed by atoms with Gasteiger partial charge in [-0.15, -0.1) is 0 Å². The molecule has 0 atom stereocenters. The highest BCUT2D eigenvalue weighted by molar-refractivity contribution is 6.02. The molecule has 4 heteroatoms. The van der Waals surface area contributed by atoms with Crippen molar-refractivity contribution in [3.8, 4) is 0 Å². The third-order valence-electron chi connectivity index (χ3n) is 5.39. The summed E-state index contributed by atoms with van der Waals surface area (Å²) in [5.41, 5.74) is 5.62. The molecule has 2 heterocycles. The fraction of sp³-hybridized carbons (Fsp3) is 0.160. The summed E-state index contributed by atoms with van der Waals surface area (Å²) in [5.74, 6) is 0.817. The predicted molar refractivity (Wildman–Crippen MR) is 115 cm³/mol. The number of hydrogen-bond acceptors (Lipinski definition) is 4. The molecule has 0 amide bonds. The van der Waals surface area contributed by atoms with Gasteiger partial charge in [-0.2, -0.15) is 0 Å². The second-order valence-corrected chi connectivity index (χ2v) is 7.19. The molecular formula is C25H22N2O2. The smallest absolute Gasteiger partial charge is 0.146 e. The Morgan fingerprint density at radius 3 is 2.62 bits per heavy atom. The van der Waals surface area contributed by atoms with Gasteiger partial charge in [0, 0.05) is 17.0 Å². The molecule has 2 aliphatic heterocycles. The van der Waals surface area contributed by atoms with Crippen LogP contribution in [0.15, 0.2) is 95.5 Å². The molecule has 0 fully saturated rings. The fourth-order valence-electron chi connectivity index (χ4n) is 4.14. The number of rotatable bonds is 4. The van der Waals surface area contributed by atoms with Crippen molar-refractivity contribution in [1.82, 2.24) is 4.90 Å². The molecule has 4 nitrogen and oxygen atoms in total. The van der Waals surface area contributed by atoms with Crippen LogP contribution in [0.4, 0.5) is 0 Å².